The van der Waals surface area contributed by atoms with Crippen molar-refractivity contribution in [3.8, 4) is 27.7 Å². The van der Waals surface area contributed by atoms with E-state index in [1.54, 1.807) is 12.3 Å². The zero-order valence-corrected chi connectivity index (χ0v) is 18.8. The Morgan fingerprint density at radius 1 is 1.27 bits per heavy atom. The maximum atomic E-state index is 13.6. The predicted molar refractivity (Wildman–Crippen MR) is 118 cm³/mol. The number of aryl methyl sites for hydroxylation is 1. The minimum atomic E-state index is -4.42. The van der Waals surface area contributed by atoms with E-state index in [9.17, 15) is 13.2 Å². The van der Waals surface area contributed by atoms with E-state index in [2.05, 4.69) is 30.6 Å². The maximum Gasteiger partial charge on any atom is 0.393 e. The molecule has 5 heterocycles. The molecule has 4 aromatic rings. The third-order valence-electron chi connectivity index (χ3n) is 5.84. The SMILES string of the molecule is COc1cc(-c2[nH]nc(-c3nc(C)c(C4CCNCC4)s3)c2CC(F)(F)F)cn2ncnc12. The molecular weight excluding hydrogens is 455 g/mol. The average molecular weight is 478 g/mol. The lowest BCUT2D eigenvalue weighted by atomic mass is 9.96. The van der Waals surface area contributed by atoms with Gasteiger partial charge in [0.1, 0.15) is 17.0 Å². The largest absolute Gasteiger partial charge is 0.493 e. The third kappa shape index (κ3) is 4.20. The number of alkyl halides is 3. The lowest BCUT2D eigenvalue weighted by Crippen LogP contribution is -2.26. The molecule has 174 valence electrons. The number of ether oxygens (including phenoxy) is 1. The summed E-state index contributed by atoms with van der Waals surface area (Å²) < 4.78 is 47.7. The van der Waals surface area contributed by atoms with Crippen LogP contribution in [-0.4, -0.2) is 56.2 Å². The fourth-order valence-electron chi connectivity index (χ4n) is 4.31. The summed E-state index contributed by atoms with van der Waals surface area (Å²) in [5.41, 5.74) is 2.34. The summed E-state index contributed by atoms with van der Waals surface area (Å²) in [6.07, 6.45) is -0.609. The van der Waals surface area contributed by atoms with Crippen LogP contribution in [-0.2, 0) is 6.42 Å². The van der Waals surface area contributed by atoms with Gasteiger partial charge in [-0.05, 0) is 44.8 Å². The van der Waals surface area contributed by atoms with Gasteiger partial charge in [-0.25, -0.2) is 14.5 Å². The molecule has 2 N–H and O–H groups in total. The zero-order chi connectivity index (χ0) is 23.2. The molecule has 0 unspecified atom stereocenters. The normalized spacial score (nSPS) is 15.4. The molecule has 0 spiro atoms. The van der Waals surface area contributed by atoms with Crippen molar-refractivity contribution in [1.29, 1.82) is 0 Å². The minimum Gasteiger partial charge on any atom is -0.493 e. The number of H-pyrrole nitrogens is 1. The number of rotatable bonds is 5. The maximum absolute atomic E-state index is 13.6. The van der Waals surface area contributed by atoms with E-state index in [1.807, 2.05) is 6.92 Å². The van der Waals surface area contributed by atoms with Gasteiger partial charge in [-0.1, -0.05) is 0 Å². The van der Waals surface area contributed by atoms with Crippen molar-refractivity contribution in [2.75, 3.05) is 20.2 Å². The van der Waals surface area contributed by atoms with Crippen LogP contribution in [0.15, 0.2) is 18.6 Å². The molecule has 5 rings (SSSR count). The highest BCUT2D eigenvalue weighted by Gasteiger charge is 2.34. The first-order valence-corrected chi connectivity index (χ1v) is 11.4. The van der Waals surface area contributed by atoms with Crippen LogP contribution < -0.4 is 10.1 Å². The number of aromatic nitrogens is 6. The molecule has 1 aliphatic rings. The number of hydrogen-bond acceptors (Lipinski definition) is 7. The molecule has 1 fully saturated rings. The van der Waals surface area contributed by atoms with Gasteiger partial charge in [-0.3, -0.25) is 5.10 Å². The van der Waals surface area contributed by atoms with Crippen molar-refractivity contribution in [1.82, 2.24) is 35.1 Å². The van der Waals surface area contributed by atoms with Crippen molar-refractivity contribution < 1.29 is 17.9 Å². The number of aromatic amines is 1. The summed E-state index contributed by atoms with van der Waals surface area (Å²) in [6, 6.07) is 1.63. The van der Waals surface area contributed by atoms with E-state index in [1.165, 1.54) is 29.3 Å². The number of halogens is 3. The molecular formula is C21H22F3N7OS. The Hall–Kier alpha value is -2.99. The molecule has 0 amide bonds. The van der Waals surface area contributed by atoms with Crippen molar-refractivity contribution in [2.24, 2.45) is 0 Å². The molecule has 0 radical (unpaired) electrons. The Balaban J connectivity index is 1.62. The molecule has 1 saturated heterocycles. The van der Waals surface area contributed by atoms with Crippen molar-refractivity contribution in [2.45, 2.75) is 38.3 Å². The number of piperidine rings is 1. The molecule has 0 aliphatic carbocycles. The van der Waals surface area contributed by atoms with Crippen molar-refractivity contribution >= 4 is 17.0 Å². The lowest BCUT2D eigenvalue weighted by molar-refractivity contribution is -0.127. The molecule has 8 nitrogen and oxygen atoms in total. The number of nitrogens with one attached hydrogen (secondary N) is 2. The smallest absolute Gasteiger partial charge is 0.393 e. The fraction of sp³-hybridized carbons (Fsp3) is 0.429. The second-order valence-electron chi connectivity index (χ2n) is 8.04. The van der Waals surface area contributed by atoms with Gasteiger partial charge in [0.25, 0.3) is 0 Å². The number of nitrogens with zero attached hydrogens (tertiary/aromatic N) is 5. The van der Waals surface area contributed by atoms with Gasteiger partial charge in [0.05, 0.1) is 24.9 Å². The molecule has 0 aromatic carbocycles. The van der Waals surface area contributed by atoms with E-state index in [4.69, 9.17) is 4.74 Å². The van der Waals surface area contributed by atoms with E-state index < -0.39 is 12.6 Å². The van der Waals surface area contributed by atoms with Gasteiger partial charge in [0.15, 0.2) is 11.4 Å². The summed E-state index contributed by atoms with van der Waals surface area (Å²) in [7, 11) is 1.48. The van der Waals surface area contributed by atoms with Gasteiger partial charge < -0.3 is 10.1 Å². The van der Waals surface area contributed by atoms with Crippen LogP contribution >= 0.6 is 11.3 Å². The van der Waals surface area contributed by atoms with Crippen LogP contribution in [0.2, 0.25) is 0 Å². The summed E-state index contributed by atoms with van der Waals surface area (Å²) in [6.45, 7) is 3.77. The fourth-order valence-corrected chi connectivity index (χ4v) is 5.56. The van der Waals surface area contributed by atoms with Crippen LogP contribution in [0, 0.1) is 6.92 Å². The lowest BCUT2D eigenvalue weighted by Gasteiger charge is -2.21. The van der Waals surface area contributed by atoms with E-state index in [0.29, 0.717) is 27.9 Å². The molecule has 1 aliphatic heterocycles. The third-order valence-corrected chi connectivity index (χ3v) is 7.17. The van der Waals surface area contributed by atoms with Crippen LogP contribution in [0.1, 0.15) is 34.9 Å². The highest BCUT2D eigenvalue weighted by molar-refractivity contribution is 7.15. The van der Waals surface area contributed by atoms with Gasteiger partial charge in [0.2, 0.25) is 0 Å². The molecule has 12 heteroatoms. The van der Waals surface area contributed by atoms with Crippen molar-refractivity contribution in [3.05, 3.63) is 34.7 Å². The van der Waals surface area contributed by atoms with Gasteiger partial charge in [-0.15, -0.1) is 11.3 Å². The first kappa shape index (κ1) is 21.8. The van der Waals surface area contributed by atoms with Gasteiger partial charge in [-0.2, -0.15) is 23.4 Å². The number of hydrogen-bond donors (Lipinski definition) is 2. The molecule has 0 bridgehead atoms. The quantitative estimate of drug-likeness (QED) is 0.449. The Bertz CT molecular complexity index is 1290. The average Bonchev–Trinajstić information content (AvgIpc) is 3.50. The first-order valence-electron chi connectivity index (χ1n) is 10.5. The number of thiazole rings is 1. The molecule has 0 atom stereocenters. The second-order valence-corrected chi connectivity index (χ2v) is 9.07. The number of fused-ring (bicyclic) bond motifs is 1. The van der Waals surface area contributed by atoms with Crippen LogP contribution in [0.25, 0.3) is 27.6 Å². The van der Waals surface area contributed by atoms with Crippen LogP contribution in [0.4, 0.5) is 13.2 Å². The zero-order valence-electron chi connectivity index (χ0n) is 18.0. The molecule has 4 aromatic heterocycles. The summed E-state index contributed by atoms with van der Waals surface area (Å²) >= 11 is 1.44. The van der Waals surface area contributed by atoms with Gasteiger partial charge >= 0.3 is 6.18 Å². The Morgan fingerprint density at radius 3 is 2.79 bits per heavy atom. The highest BCUT2D eigenvalue weighted by Crippen LogP contribution is 2.41. The summed E-state index contributed by atoms with van der Waals surface area (Å²) in [5, 5.41) is 15.1. The van der Waals surface area contributed by atoms with E-state index >= 15 is 0 Å². The number of pyridine rings is 1. The van der Waals surface area contributed by atoms with Crippen molar-refractivity contribution in [3.63, 3.8) is 0 Å². The summed E-state index contributed by atoms with van der Waals surface area (Å²) in [5.74, 6) is 0.762. The Kier molecular flexibility index (Phi) is 5.57. The Morgan fingerprint density at radius 2 is 2.06 bits per heavy atom. The second kappa shape index (κ2) is 8.41. The monoisotopic (exact) mass is 477 g/mol. The topological polar surface area (TPSA) is 93.0 Å². The van der Waals surface area contributed by atoms with E-state index in [-0.39, 0.29) is 17.0 Å². The number of methoxy groups -OCH3 is 1. The molecule has 33 heavy (non-hydrogen) atoms. The molecule has 0 saturated carbocycles. The van der Waals surface area contributed by atoms with E-state index in [0.717, 1.165) is 36.5 Å². The summed E-state index contributed by atoms with van der Waals surface area (Å²) in [4.78, 5) is 9.87. The highest BCUT2D eigenvalue weighted by atomic mass is 32.1. The first-order chi connectivity index (χ1) is 15.8. The van der Waals surface area contributed by atoms with Crippen LogP contribution in [0.3, 0.4) is 0 Å². The Labute approximate surface area is 191 Å². The van der Waals surface area contributed by atoms with Crippen LogP contribution in [0.5, 0.6) is 5.75 Å². The minimum absolute atomic E-state index is 0.0506. The van der Waals surface area contributed by atoms with Gasteiger partial charge in [0, 0.05) is 22.2 Å². The standard InChI is InChI=1S/C21H22F3N7OS/c1-11-18(12-3-5-25-6-4-12)33-20(28-11)17-14(8-21(22,23)24)16(29-30-17)13-7-15(32-2)19-26-10-27-31(19)9-13/h7,9-10,12,25H,3-6,8H2,1-2H3,(H,29,30). The predicted octanol–water partition coefficient (Wildman–Crippen LogP) is 4.13.